The second kappa shape index (κ2) is 9.38. The molecule has 30 heavy (non-hydrogen) atoms. The number of amides is 1. The Balaban J connectivity index is 1.41. The Labute approximate surface area is 181 Å². The molecule has 1 amide bonds. The fraction of sp³-hybridized carbons (Fsp3) is 0.381. The lowest BCUT2D eigenvalue weighted by Gasteiger charge is -2.26. The first-order valence-corrected chi connectivity index (χ1v) is 12.4. The number of thioether (sulfide) groups is 1. The number of hydrogen-bond donors (Lipinski definition) is 1. The van der Waals surface area contributed by atoms with Gasteiger partial charge in [-0.25, -0.2) is 8.42 Å². The van der Waals surface area contributed by atoms with Crippen molar-refractivity contribution in [1.29, 1.82) is 0 Å². The van der Waals surface area contributed by atoms with Gasteiger partial charge in [0.05, 0.1) is 30.3 Å². The lowest BCUT2D eigenvalue weighted by molar-refractivity contribution is -0.115. The van der Waals surface area contributed by atoms with E-state index in [9.17, 15) is 13.2 Å². The van der Waals surface area contributed by atoms with Crippen LogP contribution in [0.15, 0.2) is 58.3 Å². The molecule has 0 atom stereocenters. The van der Waals surface area contributed by atoms with Crippen LogP contribution < -0.4 is 10.2 Å². The van der Waals surface area contributed by atoms with E-state index in [0.717, 1.165) is 24.4 Å². The lowest BCUT2D eigenvalue weighted by atomic mass is 10.2. The number of carbonyl (C=O) groups is 1. The van der Waals surface area contributed by atoms with Crippen LogP contribution in [0.4, 0.5) is 11.4 Å². The van der Waals surface area contributed by atoms with E-state index in [1.54, 1.807) is 12.1 Å². The molecule has 2 aliphatic rings. The standard InChI is InChI=1S/C21H25N3O4S2/c25-21(16-23-10-3-15-29-20-5-2-1-4-19(20)23)22-17-6-8-18(9-7-17)30(26,27)24-11-13-28-14-12-24/h1-2,4-9H,3,10-16H2,(H,22,25). The fourth-order valence-electron chi connectivity index (χ4n) is 3.58. The van der Waals surface area contributed by atoms with E-state index >= 15 is 0 Å². The van der Waals surface area contributed by atoms with Gasteiger partial charge in [0.25, 0.3) is 0 Å². The molecule has 4 rings (SSSR count). The minimum atomic E-state index is -3.54. The number of morpholine rings is 1. The van der Waals surface area contributed by atoms with Crippen LogP contribution in [0, 0.1) is 0 Å². The van der Waals surface area contributed by atoms with E-state index in [0.29, 0.717) is 32.0 Å². The predicted molar refractivity (Wildman–Crippen MR) is 119 cm³/mol. The van der Waals surface area contributed by atoms with Crippen molar-refractivity contribution >= 4 is 39.1 Å². The quantitative estimate of drug-likeness (QED) is 0.759. The number of nitrogens with one attached hydrogen (secondary N) is 1. The van der Waals surface area contributed by atoms with Gasteiger partial charge in [-0.05, 0) is 48.6 Å². The predicted octanol–water partition coefficient (Wildman–Crippen LogP) is 2.65. The number of nitrogens with zero attached hydrogens (tertiary/aromatic N) is 2. The molecule has 2 aromatic rings. The van der Waals surface area contributed by atoms with Crippen LogP contribution in [0.2, 0.25) is 0 Å². The van der Waals surface area contributed by atoms with Crippen LogP contribution in [0.3, 0.4) is 0 Å². The first-order valence-electron chi connectivity index (χ1n) is 9.99. The monoisotopic (exact) mass is 447 g/mol. The van der Waals surface area contributed by atoms with Crippen LogP contribution in [-0.4, -0.2) is 63.8 Å². The summed E-state index contributed by atoms with van der Waals surface area (Å²) in [5.74, 6) is 0.911. The maximum absolute atomic E-state index is 12.7. The summed E-state index contributed by atoms with van der Waals surface area (Å²) < 4.78 is 32.1. The molecule has 2 aliphatic heterocycles. The molecule has 0 aliphatic carbocycles. The van der Waals surface area contributed by atoms with Gasteiger partial charge < -0.3 is 15.0 Å². The summed E-state index contributed by atoms with van der Waals surface area (Å²) >= 11 is 1.82. The van der Waals surface area contributed by atoms with Crippen molar-refractivity contribution in [1.82, 2.24) is 4.31 Å². The molecular formula is C21H25N3O4S2. The van der Waals surface area contributed by atoms with Crippen molar-refractivity contribution in [3.8, 4) is 0 Å². The van der Waals surface area contributed by atoms with Crippen molar-refractivity contribution in [3.63, 3.8) is 0 Å². The first kappa shape index (κ1) is 21.2. The van der Waals surface area contributed by atoms with Gasteiger partial charge in [-0.1, -0.05) is 12.1 Å². The molecule has 1 N–H and O–H groups in total. The number of para-hydroxylation sites is 1. The summed E-state index contributed by atoms with van der Waals surface area (Å²) in [6.07, 6.45) is 1.01. The Hall–Kier alpha value is -2.07. The summed E-state index contributed by atoms with van der Waals surface area (Å²) in [5.41, 5.74) is 1.67. The largest absolute Gasteiger partial charge is 0.379 e. The summed E-state index contributed by atoms with van der Waals surface area (Å²) in [6.45, 7) is 2.61. The molecule has 0 unspecified atom stereocenters. The number of fused-ring (bicyclic) bond motifs is 1. The van der Waals surface area contributed by atoms with Gasteiger partial charge in [0, 0.05) is 30.2 Å². The number of carbonyl (C=O) groups excluding carboxylic acids is 1. The second-order valence-electron chi connectivity index (χ2n) is 7.18. The van der Waals surface area contributed by atoms with Gasteiger partial charge in [-0.15, -0.1) is 11.8 Å². The molecule has 1 fully saturated rings. The third-order valence-corrected chi connectivity index (χ3v) is 8.18. The molecule has 2 aromatic carbocycles. The number of benzene rings is 2. The highest BCUT2D eigenvalue weighted by Crippen LogP contribution is 2.33. The van der Waals surface area contributed by atoms with E-state index in [4.69, 9.17) is 4.74 Å². The molecule has 160 valence electrons. The van der Waals surface area contributed by atoms with Gasteiger partial charge in [-0.2, -0.15) is 4.31 Å². The SMILES string of the molecule is O=C(CN1CCCSc2ccccc21)Nc1ccc(S(=O)(=O)N2CCOCC2)cc1. The van der Waals surface area contributed by atoms with E-state index in [1.165, 1.54) is 21.3 Å². The van der Waals surface area contributed by atoms with Crippen LogP contribution in [0.5, 0.6) is 0 Å². The molecule has 0 radical (unpaired) electrons. The van der Waals surface area contributed by atoms with Crippen molar-refractivity contribution < 1.29 is 17.9 Å². The van der Waals surface area contributed by atoms with Crippen molar-refractivity contribution in [2.24, 2.45) is 0 Å². The maximum Gasteiger partial charge on any atom is 0.243 e. The summed E-state index contributed by atoms with van der Waals surface area (Å²) in [4.78, 5) is 16.1. The summed E-state index contributed by atoms with van der Waals surface area (Å²) in [6, 6.07) is 14.5. The zero-order valence-electron chi connectivity index (χ0n) is 16.6. The highest BCUT2D eigenvalue weighted by atomic mass is 32.2. The molecule has 2 heterocycles. The molecule has 0 bridgehead atoms. The Morgan fingerprint density at radius 3 is 2.53 bits per heavy atom. The Bertz CT molecular complexity index is 990. The number of sulfonamides is 1. The third kappa shape index (κ3) is 4.80. The molecule has 7 nitrogen and oxygen atoms in total. The van der Waals surface area contributed by atoms with Crippen LogP contribution in [0.1, 0.15) is 6.42 Å². The lowest BCUT2D eigenvalue weighted by Crippen LogP contribution is -2.40. The van der Waals surface area contributed by atoms with Gasteiger partial charge in [0.1, 0.15) is 0 Å². The minimum absolute atomic E-state index is 0.125. The third-order valence-electron chi connectivity index (χ3n) is 5.12. The van der Waals surface area contributed by atoms with E-state index in [2.05, 4.69) is 16.3 Å². The number of anilines is 2. The van der Waals surface area contributed by atoms with Gasteiger partial charge in [-0.3, -0.25) is 4.79 Å². The second-order valence-corrected chi connectivity index (χ2v) is 10.3. The summed E-state index contributed by atoms with van der Waals surface area (Å²) in [5, 5.41) is 2.88. The smallest absolute Gasteiger partial charge is 0.243 e. The van der Waals surface area contributed by atoms with Gasteiger partial charge >= 0.3 is 0 Å². The molecule has 0 aromatic heterocycles. The zero-order valence-corrected chi connectivity index (χ0v) is 18.3. The summed E-state index contributed by atoms with van der Waals surface area (Å²) in [7, 11) is -3.54. The number of hydrogen-bond acceptors (Lipinski definition) is 6. The van der Waals surface area contributed by atoms with E-state index < -0.39 is 10.0 Å². The molecular weight excluding hydrogens is 422 g/mol. The molecule has 9 heteroatoms. The van der Waals surface area contributed by atoms with Gasteiger partial charge in [0.15, 0.2) is 0 Å². The van der Waals surface area contributed by atoms with Crippen molar-refractivity contribution in [2.75, 3.05) is 55.4 Å². The van der Waals surface area contributed by atoms with Crippen molar-refractivity contribution in [3.05, 3.63) is 48.5 Å². The molecule has 0 spiro atoms. The van der Waals surface area contributed by atoms with E-state index in [1.807, 2.05) is 30.0 Å². The Morgan fingerprint density at radius 1 is 1.03 bits per heavy atom. The average Bonchev–Trinajstić information content (AvgIpc) is 2.97. The Morgan fingerprint density at radius 2 is 1.77 bits per heavy atom. The normalized spacial score (nSPS) is 17.8. The zero-order chi connectivity index (χ0) is 21.0. The number of ether oxygens (including phenoxy) is 1. The van der Waals surface area contributed by atoms with Crippen molar-refractivity contribution in [2.45, 2.75) is 16.2 Å². The number of rotatable bonds is 5. The van der Waals surface area contributed by atoms with Crippen LogP contribution >= 0.6 is 11.8 Å². The minimum Gasteiger partial charge on any atom is -0.379 e. The Kier molecular flexibility index (Phi) is 6.62. The first-order chi connectivity index (χ1) is 14.5. The highest BCUT2D eigenvalue weighted by molar-refractivity contribution is 7.99. The molecule has 1 saturated heterocycles. The van der Waals surface area contributed by atoms with Crippen LogP contribution in [0.25, 0.3) is 0 Å². The fourth-order valence-corrected chi connectivity index (χ4v) is 6.00. The topological polar surface area (TPSA) is 79.0 Å². The van der Waals surface area contributed by atoms with Crippen LogP contribution in [-0.2, 0) is 19.6 Å². The maximum atomic E-state index is 12.7. The molecule has 0 saturated carbocycles. The average molecular weight is 448 g/mol. The highest BCUT2D eigenvalue weighted by Gasteiger charge is 2.26. The van der Waals surface area contributed by atoms with Gasteiger partial charge in [0.2, 0.25) is 15.9 Å². The van der Waals surface area contributed by atoms with E-state index in [-0.39, 0.29) is 17.3 Å².